The van der Waals surface area contributed by atoms with Crippen molar-refractivity contribution in [1.82, 2.24) is 0 Å². The smallest absolute Gasteiger partial charge is 0.328 e. The molecular formula is C16H12Br2O3. The van der Waals surface area contributed by atoms with Crippen LogP contribution in [0, 0.1) is 0 Å². The SMILES string of the molecule is O=C(O)C=Cc1cccc(Br)c1OCc1ccccc1Br. The van der Waals surface area contributed by atoms with Crippen molar-refractivity contribution >= 4 is 43.9 Å². The highest BCUT2D eigenvalue weighted by molar-refractivity contribution is 9.10. The highest BCUT2D eigenvalue weighted by Gasteiger charge is 2.08. The maximum Gasteiger partial charge on any atom is 0.328 e. The van der Waals surface area contributed by atoms with E-state index in [4.69, 9.17) is 9.84 Å². The summed E-state index contributed by atoms with van der Waals surface area (Å²) < 4.78 is 7.60. The van der Waals surface area contributed by atoms with E-state index in [-0.39, 0.29) is 0 Å². The molecule has 0 aliphatic rings. The Morgan fingerprint density at radius 1 is 1.10 bits per heavy atom. The number of carbonyl (C=O) groups is 1. The summed E-state index contributed by atoms with van der Waals surface area (Å²) in [6, 6.07) is 13.3. The van der Waals surface area contributed by atoms with Crippen molar-refractivity contribution in [2.24, 2.45) is 0 Å². The van der Waals surface area contributed by atoms with Crippen LogP contribution < -0.4 is 4.74 Å². The molecule has 0 bridgehead atoms. The van der Waals surface area contributed by atoms with Gasteiger partial charge in [0.05, 0.1) is 4.47 Å². The normalized spacial score (nSPS) is 10.8. The molecular weight excluding hydrogens is 400 g/mol. The first-order valence-corrected chi connectivity index (χ1v) is 7.72. The standard InChI is InChI=1S/C16H12Br2O3/c17-13-6-2-1-4-12(13)10-21-16-11(8-9-15(19)20)5-3-7-14(16)18/h1-9H,10H2,(H,19,20). The van der Waals surface area contributed by atoms with E-state index >= 15 is 0 Å². The number of carboxylic acids is 1. The van der Waals surface area contributed by atoms with Gasteiger partial charge >= 0.3 is 5.97 Å². The van der Waals surface area contributed by atoms with Gasteiger partial charge in [0, 0.05) is 21.7 Å². The van der Waals surface area contributed by atoms with Gasteiger partial charge < -0.3 is 9.84 Å². The zero-order valence-corrected chi connectivity index (χ0v) is 14.1. The van der Waals surface area contributed by atoms with Crippen LogP contribution in [0.1, 0.15) is 11.1 Å². The predicted molar refractivity (Wildman–Crippen MR) is 89.3 cm³/mol. The molecule has 2 rings (SSSR count). The first-order chi connectivity index (χ1) is 10.1. The Morgan fingerprint density at radius 3 is 2.52 bits per heavy atom. The number of para-hydroxylation sites is 1. The zero-order valence-electron chi connectivity index (χ0n) is 10.9. The zero-order chi connectivity index (χ0) is 15.2. The van der Waals surface area contributed by atoms with Crippen LogP contribution in [0.15, 0.2) is 57.5 Å². The average Bonchev–Trinajstić information content (AvgIpc) is 2.45. The first kappa shape index (κ1) is 15.8. The molecule has 0 radical (unpaired) electrons. The second-order valence-corrected chi connectivity index (χ2v) is 5.92. The summed E-state index contributed by atoms with van der Waals surface area (Å²) in [5.74, 6) is -0.377. The van der Waals surface area contributed by atoms with Gasteiger partial charge in [0.2, 0.25) is 0 Å². The van der Waals surface area contributed by atoms with Crippen molar-refractivity contribution in [3.05, 3.63) is 68.6 Å². The van der Waals surface area contributed by atoms with Gasteiger partial charge in [-0.3, -0.25) is 0 Å². The molecule has 0 aromatic heterocycles. The molecule has 21 heavy (non-hydrogen) atoms. The molecule has 0 atom stereocenters. The molecule has 1 N–H and O–H groups in total. The topological polar surface area (TPSA) is 46.5 Å². The number of ether oxygens (including phenoxy) is 1. The van der Waals surface area contributed by atoms with Crippen LogP contribution in [0.5, 0.6) is 5.75 Å². The van der Waals surface area contributed by atoms with E-state index in [1.54, 1.807) is 6.07 Å². The summed E-state index contributed by atoms with van der Waals surface area (Å²) in [7, 11) is 0. The minimum atomic E-state index is -0.994. The summed E-state index contributed by atoms with van der Waals surface area (Å²) in [6.07, 6.45) is 2.61. The van der Waals surface area contributed by atoms with Crippen molar-refractivity contribution in [2.45, 2.75) is 6.61 Å². The van der Waals surface area contributed by atoms with E-state index in [9.17, 15) is 4.79 Å². The van der Waals surface area contributed by atoms with Gasteiger partial charge in [0.1, 0.15) is 12.4 Å². The van der Waals surface area contributed by atoms with Crippen molar-refractivity contribution in [3.8, 4) is 5.75 Å². The van der Waals surface area contributed by atoms with Gasteiger partial charge in [-0.2, -0.15) is 0 Å². The monoisotopic (exact) mass is 410 g/mol. The lowest BCUT2D eigenvalue weighted by molar-refractivity contribution is -0.131. The summed E-state index contributed by atoms with van der Waals surface area (Å²) in [4.78, 5) is 10.6. The van der Waals surface area contributed by atoms with Crippen molar-refractivity contribution in [3.63, 3.8) is 0 Å². The highest BCUT2D eigenvalue weighted by Crippen LogP contribution is 2.31. The van der Waals surface area contributed by atoms with Gasteiger partial charge in [-0.05, 0) is 34.1 Å². The number of halogens is 2. The Balaban J connectivity index is 2.23. The summed E-state index contributed by atoms with van der Waals surface area (Å²) in [5, 5.41) is 8.73. The van der Waals surface area contributed by atoms with Gasteiger partial charge in [-0.15, -0.1) is 0 Å². The van der Waals surface area contributed by atoms with Crippen LogP contribution in [0.25, 0.3) is 6.08 Å². The second-order valence-electron chi connectivity index (χ2n) is 4.21. The molecule has 3 nitrogen and oxygen atoms in total. The largest absolute Gasteiger partial charge is 0.487 e. The van der Waals surface area contributed by atoms with Crippen LogP contribution in [-0.4, -0.2) is 11.1 Å². The molecule has 0 fully saturated rings. The van der Waals surface area contributed by atoms with Crippen molar-refractivity contribution < 1.29 is 14.6 Å². The second kappa shape index (κ2) is 7.43. The van der Waals surface area contributed by atoms with E-state index in [0.717, 1.165) is 20.6 Å². The predicted octanol–water partition coefficient (Wildman–Crippen LogP) is 4.89. The lowest BCUT2D eigenvalue weighted by Gasteiger charge is -2.12. The Bertz CT molecular complexity index is 681. The van der Waals surface area contributed by atoms with E-state index in [1.165, 1.54) is 6.08 Å². The molecule has 108 valence electrons. The minimum absolute atomic E-state index is 0.387. The molecule has 0 heterocycles. The third-order valence-corrected chi connectivity index (χ3v) is 4.13. The fraction of sp³-hybridized carbons (Fsp3) is 0.0625. The lowest BCUT2D eigenvalue weighted by atomic mass is 10.2. The first-order valence-electron chi connectivity index (χ1n) is 6.13. The van der Waals surface area contributed by atoms with Crippen molar-refractivity contribution in [2.75, 3.05) is 0 Å². The quantitative estimate of drug-likeness (QED) is 0.712. The Hall–Kier alpha value is -1.59. The number of rotatable bonds is 5. The van der Waals surface area contributed by atoms with Crippen molar-refractivity contribution in [1.29, 1.82) is 0 Å². The van der Waals surface area contributed by atoms with E-state index in [2.05, 4.69) is 31.9 Å². The van der Waals surface area contributed by atoms with Crippen LogP contribution >= 0.6 is 31.9 Å². The highest BCUT2D eigenvalue weighted by atomic mass is 79.9. The van der Waals surface area contributed by atoms with E-state index < -0.39 is 5.97 Å². The third-order valence-electron chi connectivity index (χ3n) is 2.73. The summed E-state index contributed by atoms with van der Waals surface area (Å²) in [5.41, 5.74) is 1.72. The number of aliphatic carboxylic acids is 1. The summed E-state index contributed by atoms with van der Waals surface area (Å²) >= 11 is 6.90. The number of hydrogen-bond acceptors (Lipinski definition) is 2. The third kappa shape index (κ3) is 4.44. The minimum Gasteiger partial charge on any atom is -0.487 e. The van der Waals surface area contributed by atoms with Gasteiger partial charge in [0.15, 0.2) is 0 Å². The maximum atomic E-state index is 10.6. The van der Waals surface area contributed by atoms with E-state index in [1.807, 2.05) is 36.4 Å². The van der Waals surface area contributed by atoms with Crippen LogP contribution in [0.2, 0.25) is 0 Å². The Labute approximate surface area is 139 Å². The van der Waals surface area contributed by atoms with Gasteiger partial charge in [-0.1, -0.05) is 46.3 Å². The van der Waals surface area contributed by atoms with Gasteiger partial charge in [0.25, 0.3) is 0 Å². The fourth-order valence-corrected chi connectivity index (χ4v) is 2.63. The molecule has 0 amide bonds. The molecule has 2 aromatic carbocycles. The molecule has 2 aromatic rings. The van der Waals surface area contributed by atoms with Crippen LogP contribution in [0.3, 0.4) is 0 Å². The van der Waals surface area contributed by atoms with E-state index in [0.29, 0.717) is 17.9 Å². The fourth-order valence-electron chi connectivity index (χ4n) is 1.74. The number of hydrogen-bond donors (Lipinski definition) is 1. The Morgan fingerprint density at radius 2 is 1.81 bits per heavy atom. The molecule has 0 saturated carbocycles. The molecule has 0 saturated heterocycles. The maximum absolute atomic E-state index is 10.6. The number of benzene rings is 2. The van der Waals surface area contributed by atoms with Gasteiger partial charge in [-0.25, -0.2) is 4.79 Å². The molecule has 0 unspecified atom stereocenters. The number of carboxylic acid groups (broad SMARTS) is 1. The Kier molecular flexibility index (Phi) is 5.59. The van der Waals surface area contributed by atoms with Crippen LogP contribution in [-0.2, 0) is 11.4 Å². The average molecular weight is 412 g/mol. The molecule has 0 spiro atoms. The molecule has 0 aliphatic carbocycles. The van der Waals surface area contributed by atoms with Crippen LogP contribution in [0.4, 0.5) is 0 Å². The molecule has 5 heteroatoms. The summed E-state index contributed by atoms with van der Waals surface area (Å²) in [6.45, 7) is 0.387. The lowest BCUT2D eigenvalue weighted by Crippen LogP contribution is -1.99. The molecule has 0 aliphatic heterocycles.